The first-order valence-corrected chi connectivity index (χ1v) is 12.6. The van der Waals surface area contributed by atoms with E-state index < -0.39 is 48.0 Å². The molecular weight excluding hydrogens is 486 g/mol. The molecule has 4 rings (SSSR count). The second kappa shape index (κ2) is 12.5. The van der Waals surface area contributed by atoms with Gasteiger partial charge in [-0.1, -0.05) is 60.3 Å². The van der Waals surface area contributed by atoms with E-state index >= 15 is 0 Å². The molecule has 6 atom stereocenters. The number of Topliss-reactive ketones (excluding diaryl/α,β-unsaturated/α-hetero) is 1. The number of nitrogens with one attached hydrogen (secondary N) is 1. The molecule has 3 unspecified atom stereocenters. The van der Waals surface area contributed by atoms with E-state index in [1.165, 1.54) is 25.6 Å². The third kappa shape index (κ3) is 6.92. The number of hydrogen-bond donors (Lipinski definition) is 1. The normalized spacial score (nSPS) is 27.5. The van der Waals surface area contributed by atoms with E-state index in [0.29, 0.717) is 0 Å². The molecule has 0 radical (unpaired) electrons. The molecule has 2 aromatic rings. The number of ether oxygens (including phenoxy) is 4. The summed E-state index contributed by atoms with van der Waals surface area (Å²) < 4.78 is 24.5. The van der Waals surface area contributed by atoms with E-state index in [9.17, 15) is 14.4 Å². The van der Waals surface area contributed by atoms with Gasteiger partial charge in [0.15, 0.2) is 12.4 Å². The van der Waals surface area contributed by atoms with E-state index in [4.69, 9.17) is 23.8 Å². The van der Waals surface area contributed by atoms with Crippen LogP contribution in [0, 0.1) is 0 Å². The van der Waals surface area contributed by atoms with Gasteiger partial charge < -0.3 is 28.6 Å². The molecule has 192 valence electrons. The minimum atomic E-state index is -0.890. The summed E-state index contributed by atoms with van der Waals surface area (Å²) >= 11 is 1.39. The minimum Gasteiger partial charge on any atom is -0.458 e. The Kier molecular flexibility index (Phi) is 9.11. The fourth-order valence-electron chi connectivity index (χ4n) is 3.99. The first kappa shape index (κ1) is 26.3. The molecule has 10 heteroatoms. The Morgan fingerprint density at radius 3 is 2.33 bits per heavy atom. The number of carbonyl (C=O) groups is 3. The monoisotopic (exact) mass is 515 g/mol. The van der Waals surface area contributed by atoms with Crippen molar-refractivity contribution in [2.24, 2.45) is 0 Å². The van der Waals surface area contributed by atoms with Crippen LogP contribution in [0.1, 0.15) is 38.5 Å². The fourth-order valence-corrected chi connectivity index (χ4v) is 5.13. The van der Waals surface area contributed by atoms with Gasteiger partial charge in [0, 0.05) is 23.8 Å². The molecular formula is C26H29NO8S. The number of benzene rings is 2. The van der Waals surface area contributed by atoms with Crippen LogP contribution < -0.4 is 5.48 Å². The Hall–Kier alpha value is -2.76. The molecule has 2 aliphatic heterocycles. The van der Waals surface area contributed by atoms with Gasteiger partial charge in [0.05, 0.1) is 13.0 Å². The SMILES string of the molecule is CC(=O)CCC(=O)O[C@H]1C2OC(c3ccccc3)OC[C@H]2O[C@@H](Sc2ccccc2)C1NOC(C)=O. The fraction of sp³-hybridized carbons (Fsp3) is 0.423. The molecule has 2 aromatic carbocycles. The topological polar surface area (TPSA) is 109 Å². The average Bonchev–Trinajstić information content (AvgIpc) is 2.88. The van der Waals surface area contributed by atoms with Crippen molar-refractivity contribution in [2.75, 3.05) is 6.61 Å². The molecule has 2 fully saturated rings. The van der Waals surface area contributed by atoms with Crippen LogP contribution in [0.3, 0.4) is 0 Å². The van der Waals surface area contributed by atoms with Crippen molar-refractivity contribution in [3.63, 3.8) is 0 Å². The van der Waals surface area contributed by atoms with Gasteiger partial charge in [-0.05, 0) is 19.1 Å². The van der Waals surface area contributed by atoms with Gasteiger partial charge in [0.1, 0.15) is 29.5 Å². The van der Waals surface area contributed by atoms with E-state index in [1.807, 2.05) is 60.7 Å². The highest BCUT2D eigenvalue weighted by Gasteiger charge is 2.52. The lowest BCUT2D eigenvalue weighted by Gasteiger charge is -2.48. The Bertz CT molecular complexity index is 1040. The van der Waals surface area contributed by atoms with Gasteiger partial charge in [0.25, 0.3) is 0 Å². The summed E-state index contributed by atoms with van der Waals surface area (Å²) in [5.41, 5.74) is 2.94. The van der Waals surface area contributed by atoms with Crippen molar-refractivity contribution < 1.29 is 38.2 Å². The summed E-state index contributed by atoms with van der Waals surface area (Å²) in [4.78, 5) is 41.9. The van der Waals surface area contributed by atoms with Gasteiger partial charge in [-0.15, -0.1) is 5.48 Å². The number of rotatable bonds is 9. The van der Waals surface area contributed by atoms with Crippen LogP contribution in [0.5, 0.6) is 0 Å². The van der Waals surface area contributed by atoms with Gasteiger partial charge in [-0.25, -0.2) is 0 Å². The number of hydroxylamine groups is 1. The number of carbonyl (C=O) groups excluding carboxylic acids is 3. The Balaban J connectivity index is 1.62. The van der Waals surface area contributed by atoms with Crippen LogP contribution in [0.4, 0.5) is 0 Å². The zero-order chi connectivity index (χ0) is 25.5. The Labute approximate surface area is 213 Å². The highest BCUT2D eigenvalue weighted by Crippen LogP contribution is 2.40. The van der Waals surface area contributed by atoms with Crippen molar-refractivity contribution in [3.8, 4) is 0 Å². The maximum Gasteiger partial charge on any atom is 0.321 e. The predicted octanol–water partition coefficient (Wildman–Crippen LogP) is 3.34. The highest BCUT2D eigenvalue weighted by molar-refractivity contribution is 7.99. The van der Waals surface area contributed by atoms with Crippen molar-refractivity contribution in [2.45, 2.75) is 67.7 Å². The molecule has 2 heterocycles. The third-order valence-corrected chi connectivity index (χ3v) is 6.87. The summed E-state index contributed by atoms with van der Waals surface area (Å²) in [5.74, 6) is -1.23. The number of fused-ring (bicyclic) bond motifs is 1. The molecule has 0 bridgehead atoms. The van der Waals surface area contributed by atoms with E-state index in [2.05, 4.69) is 5.48 Å². The quantitative estimate of drug-likeness (QED) is 0.394. The van der Waals surface area contributed by atoms with E-state index in [0.717, 1.165) is 10.5 Å². The van der Waals surface area contributed by atoms with E-state index in [1.54, 1.807) is 0 Å². The second-order valence-electron chi connectivity index (χ2n) is 8.54. The third-order valence-electron chi connectivity index (χ3n) is 5.69. The molecule has 0 aliphatic carbocycles. The zero-order valence-corrected chi connectivity index (χ0v) is 20.8. The maximum absolute atomic E-state index is 12.7. The summed E-state index contributed by atoms with van der Waals surface area (Å²) in [6, 6.07) is 18.2. The van der Waals surface area contributed by atoms with Crippen LogP contribution in [-0.2, 0) is 38.2 Å². The predicted molar refractivity (Wildman–Crippen MR) is 129 cm³/mol. The van der Waals surface area contributed by atoms with Crippen molar-refractivity contribution in [1.82, 2.24) is 5.48 Å². The molecule has 0 amide bonds. The van der Waals surface area contributed by atoms with Crippen molar-refractivity contribution in [1.29, 1.82) is 0 Å². The van der Waals surface area contributed by atoms with Crippen LogP contribution in [0.2, 0.25) is 0 Å². The largest absolute Gasteiger partial charge is 0.458 e. The molecule has 2 aliphatic rings. The lowest BCUT2D eigenvalue weighted by atomic mass is 9.97. The molecule has 0 aromatic heterocycles. The van der Waals surface area contributed by atoms with E-state index in [-0.39, 0.29) is 25.2 Å². The average molecular weight is 516 g/mol. The lowest BCUT2D eigenvalue weighted by molar-refractivity contribution is -0.312. The first-order valence-electron chi connectivity index (χ1n) is 11.7. The number of ketones is 1. The van der Waals surface area contributed by atoms with Gasteiger partial charge >= 0.3 is 11.9 Å². The van der Waals surface area contributed by atoms with Gasteiger partial charge in [0.2, 0.25) is 0 Å². The smallest absolute Gasteiger partial charge is 0.321 e. The molecule has 9 nitrogen and oxygen atoms in total. The zero-order valence-electron chi connectivity index (χ0n) is 20.0. The molecule has 1 N–H and O–H groups in total. The number of hydrogen-bond acceptors (Lipinski definition) is 10. The summed E-state index contributed by atoms with van der Waals surface area (Å²) in [6.07, 6.45) is -2.85. The van der Waals surface area contributed by atoms with Crippen molar-refractivity contribution >= 4 is 29.5 Å². The van der Waals surface area contributed by atoms with Crippen LogP contribution >= 0.6 is 11.8 Å². The van der Waals surface area contributed by atoms with Crippen LogP contribution in [-0.4, -0.2) is 54.1 Å². The van der Waals surface area contributed by atoms with Gasteiger partial charge in [-0.2, -0.15) is 0 Å². The number of thioether (sulfide) groups is 1. The molecule has 0 saturated carbocycles. The maximum atomic E-state index is 12.7. The van der Waals surface area contributed by atoms with Crippen molar-refractivity contribution in [3.05, 3.63) is 66.2 Å². The molecule has 0 spiro atoms. The molecule has 2 saturated heterocycles. The lowest BCUT2D eigenvalue weighted by Crippen LogP contribution is -2.66. The Morgan fingerprint density at radius 2 is 1.67 bits per heavy atom. The van der Waals surface area contributed by atoms with Crippen LogP contribution in [0.15, 0.2) is 65.6 Å². The first-order chi connectivity index (χ1) is 17.4. The minimum absolute atomic E-state index is 0.0665. The summed E-state index contributed by atoms with van der Waals surface area (Å²) in [5, 5.41) is 0. The highest BCUT2D eigenvalue weighted by atomic mass is 32.2. The summed E-state index contributed by atoms with van der Waals surface area (Å²) in [6.45, 7) is 2.89. The standard InChI is InChI=1S/C26H29NO8S/c1-16(28)13-14-21(30)33-24-22(27-35-17(2)29)26(36-19-11-7-4-8-12-19)32-20-15-31-25(34-23(20)24)18-9-5-3-6-10-18/h3-12,20,22-27H,13-15H2,1-2H3/t20-,22?,23?,24-,25?,26+/m1/s1. The van der Waals surface area contributed by atoms with Gasteiger partial charge in [-0.3, -0.25) is 9.59 Å². The second-order valence-corrected chi connectivity index (χ2v) is 9.72. The Morgan fingerprint density at radius 1 is 0.972 bits per heavy atom. The van der Waals surface area contributed by atoms with Crippen LogP contribution in [0.25, 0.3) is 0 Å². The number of esters is 1. The molecule has 36 heavy (non-hydrogen) atoms. The summed E-state index contributed by atoms with van der Waals surface area (Å²) in [7, 11) is 0.